The molecule has 0 spiro atoms. The first-order valence-corrected chi connectivity index (χ1v) is 15.4. The molecule has 1 aliphatic rings. The van der Waals surface area contributed by atoms with Gasteiger partial charge in [0.05, 0.1) is 6.61 Å². The Balaban J connectivity index is 1.68. The van der Waals surface area contributed by atoms with Crippen molar-refractivity contribution in [1.29, 1.82) is 0 Å². The van der Waals surface area contributed by atoms with Crippen molar-refractivity contribution >= 4 is 5.97 Å². The van der Waals surface area contributed by atoms with Crippen molar-refractivity contribution in [3.05, 3.63) is 0 Å². The van der Waals surface area contributed by atoms with E-state index in [2.05, 4.69) is 19.0 Å². The summed E-state index contributed by atoms with van der Waals surface area (Å²) in [6.45, 7) is 3.65. The van der Waals surface area contributed by atoms with E-state index >= 15 is 0 Å². The SMILES string of the molecule is CCOC(=O)CCCC1CC1CCCCCCCCCCCCCCCCCCCCN(C)C. The van der Waals surface area contributed by atoms with E-state index in [-0.39, 0.29) is 5.97 Å². The van der Waals surface area contributed by atoms with Crippen LogP contribution in [0.2, 0.25) is 0 Å². The van der Waals surface area contributed by atoms with Gasteiger partial charge in [-0.15, -0.1) is 0 Å². The molecule has 202 valence electrons. The van der Waals surface area contributed by atoms with Crippen LogP contribution in [0.15, 0.2) is 0 Å². The Morgan fingerprint density at radius 1 is 0.618 bits per heavy atom. The van der Waals surface area contributed by atoms with E-state index in [1.54, 1.807) is 0 Å². The van der Waals surface area contributed by atoms with Crippen molar-refractivity contribution in [2.75, 3.05) is 27.2 Å². The minimum atomic E-state index is -0.0115. The van der Waals surface area contributed by atoms with Crippen LogP contribution in [0.5, 0.6) is 0 Å². The van der Waals surface area contributed by atoms with Crippen molar-refractivity contribution in [1.82, 2.24) is 4.90 Å². The largest absolute Gasteiger partial charge is 0.466 e. The summed E-state index contributed by atoms with van der Waals surface area (Å²) in [5.74, 6) is 1.88. The molecule has 0 aromatic heterocycles. The Morgan fingerprint density at radius 2 is 1.00 bits per heavy atom. The van der Waals surface area contributed by atoms with Crippen molar-refractivity contribution in [2.24, 2.45) is 11.8 Å². The number of carbonyl (C=O) groups excluding carboxylic acids is 1. The van der Waals surface area contributed by atoms with E-state index in [1.807, 2.05) is 6.92 Å². The van der Waals surface area contributed by atoms with E-state index in [0.29, 0.717) is 13.0 Å². The molecule has 34 heavy (non-hydrogen) atoms. The number of esters is 1. The summed E-state index contributed by atoms with van der Waals surface area (Å²) in [5.41, 5.74) is 0. The smallest absolute Gasteiger partial charge is 0.305 e. The molecule has 0 aromatic rings. The lowest BCUT2D eigenvalue weighted by Gasteiger charge is -2.08. The minimum Gasteiger partial charge on any atom is -0.466 e. The first-order valence-electron chi connectivity index (χ1n) is 15.4. The summed E-state index contributed by atoms with van der Waals surface area (Å²) in [7, 11) is 4.35. The maximum atomic E-state index is 11.4. The number of nitrogens with zero attached hydrogens (tertiary/aromatic N) is 1. The van der Waals surface area contributed by atoms with Gasteiger partial charge < -0.3 is 9.64 Å². The van der Waals surface area contributed by atoms with Crippen LogP contribution in [0.3, 0.4) is 0 Å². The topological polar surface area (TPSA) is 29.5 Å². The number of hydrogen-bond acceptors (Lipinski definition) is 3. The molecule has 3 nitrogen and oxygen atoms in total. The second kappa shape index (κ2) is 22.9. The summed E-state index contributed by atoms with van der Waals surface area (Å²) < 4.78 is 5.01. The van der Waals surface area contributed by atoms with Gasteiger partial charge in [-0.2, -0.15) is 0 Å². The summed E-state index contributed by atoms with van der Waals surface area (Å²) in [6.07, 6.45) is 31.8. The third-order valence-electron chi connectivity index (χ3n) is 7.76. The molecule has 0 bridgehead atoms. The molecule has 2 unspecified atom stereocenters. The van der Waals surface area contributed by atoms with E-state index in [1.165, 1.54) is 141 Å². The molecule has 0 aromatic carbocycles. The molecular weight excluding hydrogens is 418 g/mol. The normalized spacial score (nSPS) is 17.4. The van der Waals surface area contributed by atoms with Crippen molar-refractivity contribution in [3.63, 3.8) is 0 Å². The Morgan fingerprint density at radius 3 is 1.41 bits per heavy atom. The molecule has 1 fully saturated rings. The van der Waals surface area contributed by atoms with Crippen LogP contribution in [0.4, 0.5) is 0 Å². The summed E-state index contributed by atoms with van der Waals surface area (Å²) in [4.78, 5) is 13.7. The van der Waals surface area contributed by atoms with Gasteiger partial charge in [0.1, 0.15) is 0 Å². The van der Waals surface area contributed by atoms with Crippen molar-refractivity contribution in [2.45, 2.75) is 155 Å². The lowest BCUT2D eigenvalue weighted by Crippen LogP contribution is -2.12. The maximum absolute atomic E-state index is 11.4. The second-order valence-corrected chi connectivity index (χ2v) is 11.4. The van der Waals surface area contributed by atoms with Gasteiger partial charge in [0.2, 0.25) is 0 Å². The van der Waals surface area contributed by atoms with Crippen LogP contribution in [0, 0.1) is 11.8 Å². The molecular formula is C31H61NO2. The fourth-order valence-electron chi connectivity index (χ4n) is 5.42. The minimum absolute atomic E-state index is 0.0115. The molecule has 3 heteroatoms. The maximum Gasteiger partial charge on any atom is 0.305 e. The van der Waals surface area contributed by atoms with Gasteiger partial charge in [-0.3, -0.25) is 4.79 Å². The number of rotatable bonds is 26. The zero-order valence-corrected chi connectivity index (χ0v) is 23.6. The third-order valence-corrected chi connectivity index (χ3v) is 7.76. The second-order valence-electron chi connectivity index (χ2n) is 11.4. The molecule has 2 atom stereocenters. The van der Waals surface area contributed by atoms with E-state index in [0.717, 1.165) is 18.3 Å². The van der Waals surface area contributed by atoms with Gasteiger partial charge in [0.15, 0.2) is 0 Å². The van der Waals surface area contributed by atoms with Gasteiger partial charge in [-0.1, -0.05) is 116 Å². The van der Waals surface area contributed by atoms with Gasteiger partial charge in [-0.25, -0.2) is 0 Å². The molecule has 1 rings (SSSR count). The first kappa shape index (κ1) is 31.5. The molecule has 1 aliphatic carbocycles. The van der Waals surface area contributed by atoms with Crippen molar-refractivity contribution < 1.29 is 9.53 Å². The Hall–Kier alpha value is -0.570. The van der Waals surface area contributed by atoms with Crippen LogP contribution in [-0.4, -0.2) is 38.1 Å². The van der Waals surface area contributed by atoms with Crippen LogP contribution in [0.1, 0.15) is 155 Å². The predicted molar refractivity (Wildman–Crippen MR) is 148 cm³/mol. The van der Waals surface area contributed by atoms with Crippen molar-refractivity contribution in [3.8, 4) is 0 Å². The van der Waals surface area contributed by atoms with Gasteiger partial charge in [0.25, 0.3) is 0 Å². The summed E-state index contributed by atoms with van der Waals surface area (Å²) in [5, 5.41) is 0. The van der Waals surface area contributed by atoms with E-state index in [9.17, 15) is 4.79 Å². The first-order chi connectivity index (χ1) is 16.6. The number of unbranched alkanes of at least 4 members (excludes halogenated alkanes) is 17. The van der Waals surface area contributed by atoms with E-state index < -0.39 is 0 Å². The molecule has 0 radical (unpaired) electrons. The Kier molecular flexibility index (Phi) is 21.2. The zero-order valence-electron chi connectivity index (χ0n) is 23.6. The lowest BCUT2D eigenvalue weighted by atomic mass is 10.0. The third kappa shape index (κ3) is 20.8. The van der Waals surface area contributed by atoms with Crippen LogP contribution >= 0.6 is 0 Å². The van der Waals surface area contributed by atoms with Crippen LogP contribution < -0.4 is 0 Å². The molecule has 0 aliphatic heterocycles. The predicted octanol–water partition coefficient (Wildman–Crippen LogP) is 9.33. The number of hydrogen-bond donors (Lipinski definition) is 0. The van der Waals surface area contributed by atoms with Gasteiger partial charge in [-0.05, 0) is 65.1 Å². The van der Waals surface area contributed by atoms with Gasteiger partial charge >= 0.3 is 5.97 Å². The highest BCUT2D eigenvalue weighted by molar-refractivity contribution is 5.69. The van der Waals surface area contributed by atoms with Gasteiger partial charge in [0, 0.05) is 6.42 Å². The fraction of sp³-hybridized carbons (Fsp3) is 0.968. The molecule has 0 N–H and O–H groups in total. The van der Waals surface area contributed by atoms with Crippen LogP contribution in [-0.2, 0) is 9.53 Å². The van der Waals surface area contributed by atoms with E-state index in [4.69, 9.17) is 4.74 Å². The highest BCUT2D eigenvalue weighted by atomic mass is 16.5. The molecule has 0 amide bonds. The average Bonchev–Trinajstić information content (AvgIpc) is 3.55. The highest BCUT2D eigenvalue weighted by Gasteiger charge is 2.35. The lowest BCUT2D eigenvalue weighted by molar-refractivity contribution is -0.143. The van der Waals surface area contributed by atoms with Crippen LogP contribution in [0.25, 0.3) is 0 Å². The Bertz CT molecular complexity index is 451. The molecule has 0 saturated heterocycles. The number of ether oxygens (including phenoxy) is 1. The fourth-order valence-corrected chi connectivity index (χ4v) is 5.42. The Labute approximate surface area is 214 Å². The monoisotopic (exact) mass is 479 g/mol. The number of carbonyl (C=O) groups is 1. The quantitative estimate of drug-likeness (QED) is 0.0914. The standard InChI is InChI=1S/C31H61NO2/c1-4-34-31(33)26-23-25-30-28-29(30)24-21-19-17-15-13-11-9-7-5-6-8-10-12-14-16-18-20-22-27-32(2)3/h29-30H,4-28H2,1-3H3. The summed E-state index contributed by atoms with van der Waals surface area (Å²) in [6, 6.07) is 0. The zero-order chi connectivity index (χ0) is 24.7. The molecule has 1 saturated carbocycles. The summed E-state index contributed by atoms with van der Waals surface area (Å²) >= 11 is 0. The molecule has 0 heterocycles. The highest BCUT2D eigenvalue weighted by Crippen LogP contribution is 2.45. The average molecular weight is 480 g/mol.